The number of hydrogen-bond donors (Lipinski definition) is 1. The van der Waals surface area contributed by atoms with Crippen LogP contribution in [0.1, 0.15) is 24.5 Å². The van der Waals surface area contributed by atoms with Gasteiger partial charge in [-0.2, -0.15) is 0 Å². The van der Waals surface area contributed by atoms with Crippen LogP contribution in [0.4, 0.5) is 0 Å². The first-order chi connectivity index (χ1) is 9.50. The molecule has 1 aromatic carbocycles. The summed E-state index contributed by atoms with van der Waals surface area (Å²) in [6.45, 7) is 7.41. The third-order valence-electron chi connectivity index (χ3n) is 4.44. The number of rotatable bonds is 4. The predicted molar refractivity (Wildman–Crippen MR) is 79.9 cm³/mol. The lowest BCUT2D eigenvalue weighted by Crippen LogP contribution is -2.58. The molecular weight excluding hydrogens is 252 g/mol. The summed E-state index contributed by atoms with van der Waals surface area (Å²) in [7, 11) is 2.08. The van der Waals surface area contributed by atoms with Crippen LogP contribution in [0.2, 0.25) is 0 Å². The maximum Gasteiger partial charge on any atom is 0.328 e. The number of carboxylic acid groups (broad SMARTS) is 1. The molecule has 1 aromatic rings. The van der Waals surface area contributed by atoms with E-state index in [1.165, 1.54) is 0 Å². The van der Waals surface area contributed by atoms with Gasteiger partial charge in [0.2, 0.25) is 0 Å². The van der Waals surface area contributed by atoms with Crippen LogP contribution in [0.15, 0.2) is 24.3 Å². The van der Waals surface area contributed by atoms with Gasteiger partial charge >= 0.3 is 5.97 Å². The van der Waals surface area contributed by atoms with Gasteiger partial charge in [-0.05, 0) is 26.0 Å². The highest BCUT2D eigenvalue weighted by Gasteiger charge is 2.45. The van der Waals surface area contributed by atoms with E-state index < -0.39 is 11.5 Å². The normalized spacial score (nSPS) is 20.6. The van der Waals surface area contributed by atoms with Crippen molar-refractivity contribution in [2.45, 2.75) is 25.8 Å². The second kappa shape index (κ2) is 5.94. The first-order valence-corrected chi connectivity index (χ1v) is 7.25. The Morgan fingerprint density at radius 3 is 2.20 bits per heavy atom. The molecule has 0 spiro atoms. The molecule has 1 aliphatic rings. The topological polar surface area (TPSA) is 43.8 Å². The fourth-order valence-electron chi connectivity index (χ4n) is 3.04. The lowest BCUT2D eigenvalue weighted by Gasteiger charge is -2.44. The Bertz CT molecular complexity index is 464. The molecule has 0 bridgehead atoms. The molecule has 1 unspecified atom stereocenters. The summed E-state index contributed by atoms with van der Waals surface area (Å²) in [4.78, 5) is 16.4. The third-order valence-corrected chi connectivity index (χ3v) is 4.44. The first-order valence-electron chi connectivity index (χ1n) is 7.25. The van der Waals surface area contributed by atoms with Crippen molar-refractivity contribution in [1.82, 2.24) is 9.80 Å². The summed E-state index contributed by atoms with van der Waals surface area (Å²) in [6, 6.07) is 7.92. The SMILES string of the molecule is CCC(C(=O)O)(c1ccc(C)cc1)N1CCN(C)CC1. The zero-order chi connectivity index (χ0) is 14.8. The monoisotopic (exact) mass is 276 g/mol. The van der Waals surface area contributed by atoms with Crippen LogP contribution in [0.3, 0.4) is 0 Å². The van der Waals surface area contributed by atoms with E-state index in [0.29, 0.717) is 6.42 Å². The molecule has 4 nitrogen and oxygen atoms in total. The molecule has 20 heavy (non-hydrogen) atoms. The molecule has 1 atom stereocenters. The number of likely N-dealkylation sites (N-methyl/N-ethyl adjacent to an activating group) is 1. The molecule has 0 saturated carbocycles. The van der Waals surface area contributed by atoms with Crippen LogP contribution in [-0.4, -0.2) is 54.1 Å². The van der Waals surface area contributed by atoms with Crippen molar-refractivity contribution in [1.29, 1.82) is 0 Å². The Balaban J connectivity index is 2.39. The summed E-state index contributed by atoms with van der Waals surface area (Å²) < 4.78 is 0. The molecule has 1 aliphatic heterocycles. The van der Waals surface area contributed by atoms with Gasteiger partial charge in [-0.15, -0.1) is 0 Å². The second-order valence-electron chi connectivity index (χ2n) is 5.68. The molecule has 4 heteroatoms. The fourth-order valence-corrected chi connectivity index (χ4v) is 3.04. The Labute approximate surface area is 121 Å². The maximum absolute atomic E-state index is 12.1. The van der Waals surface area contributed by atoms with Crippen LogP contribution in [0, 0.1) is 6.92 Å². The van der Waals surface area contributed by atoms with Gasteiger partial charge < -0.3 is 10.0 Å². The lowest BCUT2D eigenvalue weighted by molar-refractivity contribution is -0.154. The van der Waals surface area contributed by atoms with Crippen molar-refractivity contribution in [3.8, 4) is 0 Å². The van der Waals surface area contributed by atoms with Gasteiger partial charge in [-0.1, -0.05) is 36.8 Å². The van der Waals surface area contributed by atoms with E-state index in [1.54, 1.807) is 0 Å². The van der Waals surface area contributed by atoms with Crippen LogP contribution in [0.25, 0.3) is 0 Å². The molecule has 110 valence electrons. The van der Waals surface area contributed by atoms with Crippen LogP contribution >= 0.6 is 0 Å². The van der Waals surface area contributed by atoms with E-state index in [0.717, 1.165) is 37.3 Å². The van der Waals surface area contributed by atoms with E-state index in [9.17, 15) is 9.90 Å². The number of aryl methyl sites for hydroxylation is 1. The van der Waals surface area contributed by atoms with Crippen molar-refractivity contribution in [3.63, 3.8) is 0 Å². The van der Waals surface area contributed by atoms with Crippen molar-refractivity contribution < 1.29 is 9.90 Å². The van der Waals surface area contributed by atoms with Crippen LogP contribution < -0.4 is 0 Å². The highest BCUT2D eigenvalue weighted by atomic mass is 16.4. The van der Waals surface area contributed by atoms with Crippen molar-refractivity contribution in [2.75, 3.05) is 33.2 Å². The lowest BCUT2D eigenvalue weighted by atomic mass is 9.84. The number of nitrogens with zero attached hydrogens (tertiary/aromatic N) is 2. The fraction of sp³-hybridized carbons (Fsp3) is 0.562. The van der Waals surface area contributed by atoms with E-state index in [1.807, 2.05) is 38.1 Å². The highest BCUT2D eigenvalue weighted by molar-refractivity contribution is 5.80. The van der Waals surface area contributed by atoms with E-state index in [2.05, 4.69) is 16.8 Å². The number of carboxylic acids is 1. The number of aliphatic carboxylic acids is 1. The average molecular weight is 276 g/mol. The molecule has 1 N–H and O–H groups in total. The van der Waals surface area contributed by atoms with Gasteiger partial charge in [-0.3, -0.25) is 4.90 Å². The van der Waals surface area contributed by atoms with Gasteiger partial charge in [0.15, 0.2) is 0 Å². The van der Waals surface area contributed by atoms with E-state index in [4.69, 9.17) is 0 Å². The summed E-state index contributed by atoms with van der Waals surface area (Å²) in [5, 5.41) is 9.91. The van der Waals surface area contributed by atoms with Crippen LogP contribution in [0.5, 0.6) is 0 Å². The second-order valence-corrected chi connectivity index (χ2v) is 5.68. The predicted octanol–water partition coefficient (Wildman–Crippen LogP) is 1.93. The zero-order valence-electron chi connectivity index (χ0n) is 12.6. The van der Waals surface area contributed by atoms with Gasteiger partial charge in [0, 0.05) is 26.2 Å². The summed E-state index contributed by atoms with van der Waals surface area (Å²) in [6.07, 6.45) is 0.578. The van der Waals surface area contributed by atoms with Crippen molar-refractivity contribution in [2.24, 2.45) is 0 Å². The molecule has 1 saturated heterocycles. The Kier molecular flexibility index (Phi) is 4.45. The smallest absolute Gasteiger partial charge is 0.328 e. The molecule has 2 rings (SSSR count). The highest BCUT2D eigenvalue weighted by Crippen LogP contribution is 2.33. The number of benzene rings is 1. The molecule has 0 aromatic heterocycles. The van der Waals surface area contributed by atoms with E-state index in [-0.39, 0.29) is 0 Å². The van der Waals surface area contributed by atoms with Crippen molar-refractivity contribution >= 4 is 5.97 Å². The standard InChI is InChI=1S/C16H24N2O2/c1-4-16(15(19)20,14-7-5-13(2)6-8-14)18-11-9-17(3)10-12-18/h5-8H,4,9-12H2,1-3H3,(H,19,20). The largest absolute Gasteiger partial charge is 0.480 e. The molecule has 1 heterocycles. The van der Waals surface area contributed by atoms with Gasteiger partial charge in [-0.25, -0.2) is 4.79 Å². The Morgan fingerprint density at radius 2 is 1.75 bits per heavy atom. The quantitative estimate of drug-likeness (QED) is 0.912. The zero-order valence-corrected chi connectivity index (χ0v) is 12.6. The van der Waals surface area contributed by atoms with Gasteiger partial charge in [0.05, 0.1) is 0 Å². The number of piperazine rings is 1. The molecular formula is C16H24N2O2. The van der Waals surface area contributed by atoms with E-state index >= 15 is 0 Å². The average Bonchev–Trinajstić information content (AvgIpc) is 2.43. The summed E-state index contributed by atoms with van der Waals surface area (Å²) >= 11 is 0. The summed E-state index contributed by atoms with van der Waals surface area (Å²) in [5.41, 5.74) is 1.15. The minimum absolute atomic E-state index is 0.578. The van der Waals surface area contributed by atoms with Gasteiger partial charge in [0.25, 0.3) is 0 Å². The molecule has 1 fully saturated rings. The Hall–Kier alpha value is -1.39. The van der Waals surface area contributed by atoms with Crippen molar-refractivity contribution in [3.05, 3.63) is 35.4 Å². The minimum Gasteiger partial charge on any atom is -0.480 e. The number of carbonyl (C=O) groups is 1. The third kappa shape index (κ3) is 2.58. The minimum atomic E-state index is -0.894. The first kappa shape index (κ1) is 15.0. The molecule has 0 radical (unpaired) electrons. The summed E-state index contributed by atoms with van der Waals surface area (Å²) in [5.74, 6) is -0.742. The van der Waals surface area contributed by atoms with Gasteiger partial charge in [0.1, 0.15) is 5.54 Å². The molecule has 0 amide bonds. The molecule has 0 aliphatic carbocycles. The Morgan fingerprint density at radius 1 is 1.20 bits per heavy atom. The number of hydrogen-bond acceptors (Lipinski definition) is 3. The van der Waals surface area contributed by atoms with Crippen LogP contribution in [-0.2, 0) is 10.3 Å². The maximum atomic E-state index is 12.1.